The Morgan fingerprint density at radius 1 is 1.35 bits per heavy atom. The molecule has 0 atom stereocenters. The molecular formula is C14H26N2O. The van der Waals surface area contributed by atoms with E-state index in [1.165, 1.54) is 0 Å². The van der Waals surface area contributed by atoms with Crippen LogP contribution in [0.15, 0.2) is 0 Å². The zero-order valence-corrected chi connectivity index (χ0v) is 11.4. The second-order valence-electron chi connectivity index (χ2n) is 6.21. The van der Waals surface area contributed by atoms with Crippen molar-refractivity contribution in [2.75, 3.05) is 20.1 Å². The van der Waals surface area contributed by atoms with Crippen molar-refractivity contribution in [2.24, 2.45) is 11.3 Å². The third kappa shape index (κ3) is 5.52. The van der Waals surface area contributed by atoms with Gasteiger partial charge < -0.3 is 10.0 Å². The zero-order valence-electron chi connectivity index (χ0n) is 11.4. The summed E-state index contributed by atoms with van der Waals surface area (Å²) >= 11 is 0. The van der Waals surface area contributed by atoms with Gasteiger partial charge in [0.1, 0.15) is 0 Å². The van der Waals surface area contributed by atoms with Crippen LogP contribution in [-0.2, 0) is 0 Å². The highest BCUT2D eigenvalue weighted by Crippen LogP contribution is 2.27. The maximum atomic E-state index is 9.21. The summed E-state index contributed by atoms with van der Waals surface area (Å²) in [5.41, 5.74) is -0.170. The van der Waals surface area contributed by atoms with Crippen molar-refractivity contribution in [3.63, 3.8) is 0 Å². The smallest absolute Gasteiger partial charge is 0.0683 e. The van der Waals surface area contributed by atoms with Gasteiger partial charge in [0, 0.05) is 6.54 Å². The summed E-state index contributed by atoms with van der Waals surface area (Å²) in [5.74, 6) is 0.700. The summed E-state index contributed by atoms with van der Waals surface area (Å²) in [5, 5.41) is 18.1. The lowest BCUT2D eigenvalue weighted by Gasteiger charge is -2.34. The first-order chi connectivity index (χ1) is 7.93. The van der Waals surface area contributed by atoms with E-state index < -0.39 is 0 Å². The summed E-state index contributed by atoms with van der Waals surface area (Å²) in [4.78, 5) is 2.36. The van der Waals surface area contributed by atoms with Gasteiger partial charge in [-0.25, -0.2) is 0 Å². The molecule has 0 aromatic rings. The third-order valence-corrected chi connectivity index (χ3v) is 3.67. The van der Waals surface area contributed by atoms with Crippen LogP contribution in [0.5, 0.6) is 0 Å². The second-order valence-corrected chi connectivity index (χ2v) is 6.21. The van der Waals surface area contributed by atoms with Crippen molar-refractivity contribution in [2.45, 2.75) is 52.1 Å². The van der Waals surface area contributed by atoms with Crippen molar-refractivity contribution in [1.29, 1.82) is 5.26 Å². The summed E-state index contributed by atoms with van der Waals surface area (Å²) in [6.45, 7) is 6.23. The summed E-state index contributed by atoms with van der Waals surface area (Å²) in [7, 11) is 2.15. The highest BCUT2D eigenvalue weighted by molar-refractivity contribution is 4.91. The fraction of sp³-hybridized carbons (Fsp3) is 0.929. The standard InChI is InChI=1S/C14H26N2O/c1-14(2,11-15)6-4-5-7-16(3)10-12-8-13(17)9-12/h12-13,17H,4-10H2,1-3H3. The topological polar surface area (TPSA) is 47.3 Å². The van der Waals surface area contributed by atoms with Crippen molar-refractivity contribution in [1.82, 2.24) is 4.90 Å². The molecule has 1 aliphatic carbocycles. The molecule has 1 rings (SSSR count). The molecule has 0 heterocycles. The van der Waals surface area contributed by atoms with E-state index >= 15 is 0 Å². The Bertz CT molecular complexity index is 264. The Kier molecular flexibility index (Phi) is 5.42. The van der Waals surface area contributed by atoms with E-state index in [9.17, 15) is 5.11 Å². The molecule has 0 amide bonds. The fourth-order valence-electron chi connectivity index (χ4n) is 2.39. The minimum absolute atomic E-state index is 0.0372. The van der Waals surface area contributed by atoms with Gasteiger partial charge in [0.25, 0.3) is 0 Å². The van der Waals surface area contributed by atoms with Crippen molar-refractivity contribution < 1.29 is 5.11 Å². The summed E-state index contributed by atoms with van der Waals surface area (Å²) in [6.07, 6.45) is 5.19. The minimum atomic E-state index is -0.170. The monoisotopic (exact) mass is 238 g/mol. The average molecular weight is 238 g/mol. The molecule has 1 saturated carbocycles. The van der Waals surface area contributed by atoms with Crippen molar-refractivity contribution in [3.05, 3.63) is 0 Å². The Balaban J connectivity index is 2.01. The first-order valence-electron chi connectivity index (χ1n) is 6.71. The Morgan fingerprint density at radius 3 is 2.53 bits per heavy atom. The van der Waals surface area contributed by atoms with Crippen LogP contribution in [0.2, 0.25) is 0 Å². The fourth-order valence-corrected chi connectivity index (χ4v) is 2.39. The molecule has 0 saturated heterocycles. The van der Waals surface area contributed by atoms with Crippen LogP contribution in [0.25, 0.3) is 0 Å². The van der Waals surface area contributed by atoms with E-state index in [0.717, 1.165) is 45.2 Å². The molecule has 0 radical (unpaired) electrons. The van der Waals surface area contributed by atoms with Gasteiger partial charge in [0.05, 0.1) is 17.6 Å². The summed E-state index contributed by atoms with van der Waals surface area (Å²) in [6, 6.07) is 2.34. The van der Waals surface area contributed by atoms with Crippen LogP contribution in [0.1, 0.15) is 46.0 Å². The lowest BCUT2D eigenvalue weighted by Crippen LogP contribution is -2.37. The van der Waals surface area contributed by atoms with Gasteiger partial charge in [-0.2, -0.15) is 5.26 Å². The normalized spacial score (nSPS) is 24.5. The molecule has 0 bridgehead atoms. The predicted molar refractivity (Wildman–Crippen MR) is 69.5 cm³/mol. The Labute approximate surface area is 105 Å². The maximum Gasteiger partial charge on any atom is 0.0683 e. The van der Waals surface area contributed by atoms with Gasteiger partial charge in [-0.05, 0) is 59.0 Å². The highest BCUT2D eigenvalue weighted by atomic mass is 16.3. The molecule has 98 valence electrons. The van der Waals surface area contributed by atoms with E-state index in [1.807, 2.05) is 13.8 Å². The van der Waals surface area contributed by atoms with E-state index in [4.69, 9.17) is 5.26 Å². The molecule has 0 aromatic heterocycles. The number of hydrogen-bond donors (Lipinski definition) is 1. The van der Waals surface area contributed by atoms with Gasteiger partial charge in [0.15, 0.2) is 0 Å². The maximum absolute atomic E-state index is 9.21. The molecule has 0 aromatic carbocycles. The van der Waals surface area contributed by atoms with Crippen LogP contribution in [0.4, 0.5) is 0 Å². The van der Waals surface area contributed by atoms with E-state index in [1.54, 1.807) is 0 Å². The molecule has 1 fully saturated rings. The molecule has 0 spiro atoms. The second kappa shape index (κ2) is 6.37. The van der Waals surface area contributed by atoms with Crippen molar-refractivity contribution >= 4 is 0 Å². The SMILES string of the molecule is CN(CCCCC(C)(C)C#N)CC1CC(O)C1. The predicted octanol–water partition coefficient (Wildman–Crippen LogP) is 2.41. The van der Waals surface area contributed by atoms with Gasteiger partial charge in [-0.15, -0.1) is 0 Å². The molecule has 0 unspecified atom stereocenters. The molecule has 17 heavy (non-hydrogen) atoms. The molecule has 3 nitrogen and oxygen atoms in total. The molecule has 1 aliphatic rings. The van der Waals surface area contributed by atoms with Crippen molar-refractivity contribution in [3.8, 4) is 6.07 Å². The van der Waals surface area contributed by atoms with Crippen LogP contribution >= 0.6 is 0 Å². The van der Waals surface area contributed by atoms with E-state index in [0.29, 0.717) is 5.92 Å². The van der Waals surface area contributed by atoms with E-state index in [2.05, 4.69) is 18.0 Å². The number of rotatable bonds is 7. The molecule has 3 heteroatoms. The number of aliphatic hydroxyl groups excluding tert-OH is 1. The van der Waals surface area contributed by atoms with Crippen LogP contribution in [0, 0.1) is 22.7 Å². The molecular weight excluding hydrogens is 212 g/mol. The lowest BCUT2D eigenvalue weighted by molar-refractivity contribution is 0.0281. The van der Waals surface area contributed by atoms with Crippen LogP contribution < -0.4 is 0 Å². The Hall–Kier alpha value is -0.590. The Morgan fingerprint density at radius 2 is 2.00 bits per heavy atom. The molecule has 0 aliphatic heterocycles. The van der Waals surface area contributed by atoms with Gasteiger partial charge in [-0.3, -0.25) is 0 Å². The van der Waals surface area contributed by atoms with Gasteiger partial charge >= 0.3 is 0 Å². The molecule has 1 N–H and O–H groups in total. The first-order valence-corrected chi connectivity index (χ1v) is 6.71. The first kappa shape index (κ1) is 14.5. The largest absolute Gasteiger partial charge is 0.393 e. The number of nitrogens with zero attached hydrogens (tertiary/aromatic N) is 2. The number of hydrogen-bond acceptors (Lipinski definition) is 3. The van der Waals surface area contributed by atoms with Gasteiger partial charge in [-0.1, -0.05) is 6.42 Å². The number of aliphatic hydroxyl groups is 1. The van der Waals surface area contributed by atoms with Crippen LogP contribution in [-0.4, -0.2) is 36.2 Å². The zero-order chi connectivity index (χ0) is 12.9. The highest BCUT2D eigenvalue weighted by Gasteiger charge is 2.27. The van der Waals surface area contributed by atoms with Crippen LogP contribution in [0.3, 0.4) is 0 Å². The van der Waals surface area contributed by atoms with Gasteiger partial charge in [0.2, 0.25) is 0 Å². The lowest BCUT2D eigenvalue weighted by atomic mass is 9.82. The third-order valence-electron chi connectivity index (χ3n) is 3.67. The number of nitriles is 1. The summed E-state index contributed by atoms with van der Waals surface area (Å²) < 4.78 is 0. The number of unbranched alkanes of at least 4 members (excludes halogenated alkanes) is 1. The quantitative estimate of drug-likeness (QED) is 0.693. The minimum Gasteiger partial charge on any atom is -0.393 e. The average Bonchev–Trinajstić information content (AvgIpc) is 2.22. The van der Waals surface area contributed by atoms with E-state index in [-0.39, 0.29) is 11.5 Å².